The van der Waals surface area contributed by atoms with Gasteiger partial charge in [-0.25, -0.2) is 0 Å². The second kappa shape index (κ2) is 6.11. The molecule has 3 rings (SSSR count). The first-order chi connectivity index (χ1) is 10.1. The molecule has 1 aromatic carbocycles. The molecule has 4 nitrogen and oxygen atoms in total. The molecule has 2 heterocycles. The Balaban J connectivity index is 1.80. The van der Waals surface area contributed by atoms with Crippen LogP contribution in [0.5, 0.6) is 0 Å². The fraction of sp³-hybridized carbons (Fsp3) is 0. The van der Waals surface area contributed by atoms with Gasteiger partial charge in [0.1, 0.15) is 0 Å². The lowest BCUT2D eigenvalue weighted by atomic mass is 10.2. The molecule has 0 atom stereocenters. The van der Waals surface area contributed by atoms with Crippen molar-refractivity contribution in [3.63, 3.8) is 0 Å². The first kappa shape index (κ1) is 14.5. The number of hydrogen-bond acceptors (Lipinski definition) is 5. The van der Waals surface area contributed by atoms with E-state index in [0.29, 0.717) is 20.7 Å². The van der Waals surface area contributed by atoms with Crippen LogP contribution in [0.2, 0.25) is 10.0 Å². The minimum atomic E-state index is -0.364. The lowest BCUT2D eigenvalue weighted by Gasteiger charge is -2.03. The maximum absolute atomic E-state index is 12.2. The molecule has 0 aliphatic rings. The number of anilines is 1. The molecule has 0 radical (unpaired) electrons. The third-order valence-electron chi connectivity index (χ3n) is 2.55. The number of carbonyl (C=O) groups is 1. The molecule has 21 heavy (non-hydrogen) atoms. The molecule has 0 aliphatic carbocycles. The summed E-state index contributed by atoms with van der Waals surface area (Å²) in [6.45, 7) is 0. The molecule has 0 fully saturated rings. The van der Waals surface area contributed by atoms with Crippen molar-refractivity contribution in [1.29, 1.82) is 0 Å². The van der Waals surface area contributed by atoms with E-state index in [9.17, 15) is 4.79 Å². The number of thiophene rings is 1. The molecule has 2 aromatic heterocycles. The molecule has 1 amide bonds. The van der Waals surface area contributed by atoms with Crippen LogP contribution < -0.4 is 5.32 Å². The molecule has 3 aromatic rings. The number of halogens is 2. The average Bonchev–Trinajstić information content (AvgIpc) is 3.11. The highest BCUT2D eigenvalue weighted by atomic mass is 35.5. The Bertz CT molecular complexity index is 787. The Labute approximate surface area is 138 Å². The number of aromatic nitrogens is 2. The van der Waals surface area contributed by atoms with Gasteiger partial charge >= 0.3 is 0 Å². The molecule has 1 N–H and O–H groups in total. The van der Waals surface area contributed by atoms with Crippen molar-refractivity contribution < 1.29 is 4.79 Å². The van der Waals surface area contributed by atoms with Gasteiger partial charge in [-0.15, -0.1) is 21.5 Å². The van der Waals surface area contributed by atoms with Crippen LogP contribution in [0.4, 0.5) is 5.13 Å². The van der Waals surface area contributed by atoms with E-state index in [0.717, 1.165) is 9.88 Å². The Hall–Kier alpha value is -1.47. The Morgan fingerprint density at radius 3 is 2.81 bits per heavy atom. The van der Waals surface area contributed by atoms with Gasteiger partial charge in [0.15, 0.2) is 5.01 Å². The van der Waals surface area contributed by atoms with Gasteiger partial charge in [0.25, 0.3) is 5.91 Å². The Morgan fingerprint density at radius 1 is 1.19 bits per heavy atom. The van der Waals surface area contributed by atoms with Crippen LogP contribution in [0.25, 0.3) is 9.88 Å². The van der Waals surface area contributed by atoms with Crippen molar-refractivity contribution in [2.45, 2.75) is 0 Å². The van der Waals surface area contributed by atoms with E-state index in [1.807, 2.05) is 17.5 Å². The van der Waals surface area contributed by atoms with Crippen molar-refractivity contribution in [1.82, 2.24) is 10.2 Å². The molecule has 0 saturated heterocycles. The minimum Gasteiger partial charge on any atom is -0.296 e. The second-order valence-electron chi connectivity index (χ2n) is 3.97. The first-order valence-electron chi connectivity index (χ1n) is 5.77. The zero-order valence-corrected chi connectivity index (χ0v) is 13.5. The number of nitrogens with zero attached hydrogens (tertiary/aromatic N) is 2. The Morgan fingerprint density at radius 2 is 2.05 bits per heavy atom. The van der Waals surface area contributed by atoms with E-state index in [1.165, 1.54) is 17.4 Å². The van der Waals surface area contributed by atoms with Gasteiger partial charge in [0.2, 0.25) is 5.13 Å². The van der Waals surface area contributed by atoms with E-state index in [-0.39, 0.29) is 5.91 Å². The summed E-state index contributed by atoms with van der Waals surface area (Å²) in [6, 6.07) is 8.60. The number of nitrogens with one attached hydrogen (secondary N) is 1. The zero-order chi connectivity index (χ0) is 14.8. The lowest BCUT2D eigenvalue weighted by Crippen LogP contribution is -2.12. The van der Waals surface area contributed by atoms with E-state index in [4.69, 9.17) is 23.2 Å². The van der Waals surface area contributed by atoms with Crippen LogP contribution in [0.1, 0.15) is 10.4 Å². The molecule has 0 aliphatic heterocycles. The average molecular weight is 356 g/mol. The third-order valence-corrected chi connectivity index (χ3v) is 4.99. The van der Waals surface area contributed by atoms with E-state index in [1.54, 1.807) is 23.5 Å². The smallest absolute Gasteiger partial charge is 0.259 e. The molecular formula is C13H7Cl2N3OS2. The fourth-order valence-electron chi connectivity index (χ4n) is 1.61. The first-order valence-corrected chi connectivity index (χ1v) is 8.22. The number of rotatable bonds is 3. The predicted molar refractivity (Wildman–Crippen MR) is 87.6 cm³/mol. The number of hydrogen-bond donors (Lipinski definition) is 1. The van der Waals surface area contributed by atoms with E-state index < -0.39 is 0 Å². The molecule has 106 valence electrons. The zero-order valence-electron chi connectivity index (χ0n) is 10.3. The quantitative estimate of drug-likeness (QED) is 0.732. The van der Waals surface area contributed by atoms with Crippen LogP contribution in [0, 0.1) is 0 Å². The van der Waals surface area contributed by atoms with Crippen molar-refractivity contribution in [3.8, 4) is 9.88 Å². The summed E-state index contributed by atoms with van der Waals surface area (Å²) >= 11 is 14.7. The highest BCUT2D eigenvalue weighted by Crippen LogP contribution is 2.30. The van der Waals surface area contributed by atoms with Gasteiger partial charge in [0.05, 0.1) is 15.5 Å². The molecule has 0 saturated carbocycles. The van der Waals surface area contributed by atoms with Crippen molar-refractivity contribution in [2.75, 3.05) is 5.32 Å². The maximum atomic E-state index is 12.2. The number of carbonyl (C=O) groups excluding carboxylic acids is 1. The largest absolute Gasteiger partial charge is 0.296 e. The van der Waals surface area contributed by atoms with Gasteiger partial charge in [-0.2, -0.15) is 0 Å². The SMILES string of the molecule is O=C(Nc1nnc(-c2cccs2)s1)c1cc(Cl)ccc1Cl. The van der Waals surface area contributed by atoms with Crippen molar-refractivity contribution >= 4 is 56.9 Å². The summed E-state index contributed by atoms with van der Waals surface area (Å²) in [7, 11) is 0. The van der Waals surface area contributed by atoms with Gasteiger partial charge < -0.3 is 0 Å². The maximum Gasteiger partial charge on any atom is 0.259 e. The highest BCUT2D eigenvalue weighted by Gasteiger charge is 2.14. The molecule has 8 heteroatoms. The monoisotopic (exact) mass is 355 g/mol. The van der Waals surface area contributed by atoms with Gasteiger partial charge in [-0.05, 0) is 29.6 Å². The predicted octanol–water partition coefficient (Wildman–Crippen LogP) is 4.83. The normalized spacial score (nSPS) is 10.6. The third kappa shape index (κ3) is 3.24. The number of benzene rings is 1. The van der Waals surface area contributed by atoms with Crippen molar-refractivity contribution in [3.05, 3.63) is 51.3 Å². The topological polar surface area (TPSA) is 54.9 Å². The van der Waals surface area contributed by atoms with Gasteiger partial charge in [-0.3, -0.25) is 10.1 Å². The molecular weight excluding hydrogens is 349 g/mol. The summed E-state index contributed by atoms with van der Waals surface area (Å²) in [6.07, 6.45) is 0. The van der Waals surface area contributed by atoms with Gasteiger partial charge in [0, 0.05) is 5.02 Å². The molecule has 0 spiro atoms. The van der Waals surface area contributed by atoms with Crippen LogP contribution in [-0.4, -0.2) is 16.1 Å². The number of amides is 1. The molecule has 0 unspecified atom stereocenters. The van der Waals surface area contributed by atoms with Crippen LogP contribution in [0.3, 0.4) is 0 Å². The van der Waals surface area contributed by atoms with E-state index in [2.05, 4.69) is 15.5 Å². The standard InChI is InChI=1S/C13H7Cl2N3OS2/c14-7-3-4-9(15)8(6-7)11(19)16-13-18-17-12(21-13)10-2-1-5-20-10/h1-6H,(H,16,18,19). The second-order valence-corrected chi connectivity index (χ2v) is 6.74. The van der Waals surface area contributed by atoms with Crippen molar-refractivity contribution in [2.24, 2.45) is 0 Å². The summed E-state index contributed by atoms with van der Waals surface area (Å²) in [5, 5.41) is 14.6. The highest BCUT2D eigenvalue weighted by molar-refractivity contribution is 7.23. The van der Waals surface area contributed by atoms with Crippen LogP contribution in [-0.2, 0) is 0 Å². The summed E-state index contributed by atoms with van der Waals surface area (Å²) in [5.41, 5.74) is 0.303. The molecule has 0 bridgehead atoms. The Kier molecular flexibility index (Phi) is 4.21. The summed E-state index contributed by atoms with van der Waals surface area (Å²) < 4.78 is 0. The summed E-state index contributed by atoms with van der Waals surface area (Å²) in [5.74, 6) is -0.364. The van der Waals surface area contributed by atoms with E-state index >= 15 is 0 Å². The minimum absolute atomic E-state index is 0.303. The van der Waals surface area contributed by atoms with Crippen LogP contribution in [0.15, 0.2) is 35.7 Å². The van der Waals surface area contributed by atoms with Crippen LogP contribution >= 0.6 is 45.9 Å². The van der Waals surface area contributed by atoms with Gasteiger partial charge in [-0.1, -0.05) is 40.6 Å². The fourth-order valence-corrected chi connectivity index (χ4v) is 3.52. The lowest BCUT2D eigenvalue weighted by molar-refractivity contribution is 0.102. The summed E-state index contributed by atoms with van der Waals surface area (Å²) in [4.78, 5) is 13.2.